The highest BCUT2D eigenvalue weighted by Crippen LogP contribution is 2.22. The van der Waals surface area contributed by atoms with Crippen molar-refractivity contribution in [1.29, 1.82) is 0 Å². The highest BCUT2D eigenvalue weighted by Gasteiger charge is 2.07. The molecule has 84 valence electrons. The first-order valence-corrected chi connectivity index (χ1v) is 5.92. The Hall–Kier alpha value is -0.580. The van der Waals surface area contributed by atoms with Crippen LogP contribution in [0.3, 0.4) is 0 Å². The van der Waals surface area contributed by atoms with Crippen LogP contribution in [0.5, 0.6) is 0 Å². The van der Waals surface area contributed by atoms with Crippen LogP contribution in [0.4, 0.5) is 4.39 Å². The molecular formula is C11H16FNOS. The van der Waals surface area contributed by atoms with Crippen LogP contribution in [0.15, 0.2) is 29.2 Å². The molecule has 0 saturated carbocycles. The SMILES string of the molecule is CNC(CCO)CSc1ccccc1F. The van der Waals surface area contributed by atoms with Gasteiger partial charge in [0.05, 0.1) is 0 Å². The number of nitrogens with one attached hydrogen (secondary N) is 1. The van der Waals surface area contributed by atoms with Gasteiger partial charge < -0.3 is 10.4 Å². The van der Waals surface area contributed by atoms with Crippen molar-refractivity contribution < 1.29 is 9.50 Å². The molecular weight excluding hydrogens is 213 g/mol. The first-order chi connectivity index (χ1) is 7.27. The van der Waals surface area contributed by atoms with E-state index in [1.165, 1.54) is 17.8 Å². The minimum Gasteiger partial charge on any atom is -0.396 e. The van der Waals surface area contributed by atoms with Crippen LogP contribution in [0.1, 0.15) is 6.42 Å². The third-order valence-corrected chi connectivity index (χ3v) is 3.37. The maximum atomic E-state index is 13.2. The lowest BCUT2D eigenvalue weighted by molar-refractivity contribution is 0.273. The standard InChI is InChI=1S/C11H16FNOS/c1-13-9(6-7-14)8-15-11-5-3-2-4-10(11)12/h2-5,9,13-14H,6-8H2,1H3. The smallest absolute Gasteiger partial charge is 0.136 e. The number of thioether (sulfide) groups is 1. The molecule has 4 heteroatoms. The second kappa shape index (κ2) is 6.82. The van der Waals surface area contributed by atoms with Gasteiger partial charge in [-0.1, -0.05) is 12.1 Å². The van der Waals surface area contributed by atoms with Crippen LogP contribution in [-0.2, 0) is 0 Å². The summed E-state index contributed by atoms with van der Waals surface area (Å²) in [6.07, 6.45) is 0.692. The lowest BCUT2D eigenvalue weighted by Gasteiger charge is -2.14. The fourth-order valence-electron chi connectivity index (χ4n) is 1.22. The Bertz CT molecular complexity index is 296. The van der Waals surface area contributed by atoms with Gasteiger partial charge in [0.15, 0.2) is 0 Å². The average molecular weight is 229 g/mol. The van der Waals surface area contributed by atoms with E-state index in [-0.39, 0.29) is 18.5 Å². The summed E-state index contributed by atoms with van der Waals surface area (Å²) in [5.74, 6) is 0.583. The molecule has 1 atom stereocenters. The second-order valence-electron chi connectivity index (χ2n) is 3.24. The number of aliphatic hydroxyl groups excluding tert-OH is 1. The van der Waals surface area contributed by atoms with Crippen molar-refractivity contribution in [3.05, 3.63) is 30.1 Å². The molecule has 0 aliphatic heterocycles. The topological polar surface area (TPSA) is 32.3 Å². The Morgan fingerprint density at radius 2 is 2.20 bits per heavy atom. The summed E-state index contributed by atoms with van der Waals surface area (Å²) in [7, 11) is 1.85. The van der Waals surface area contributed by atoms with Crippen LogP contribution in [0, 0.1) is 5.82 Å². The highest BCUT2D eigenvalue weighted by atomic mass is 32.2. The third kappa shape index (κ3) is 4.20. The number of halogens is 1. The molecule has 1 aromatic rings. The largest absolute Gasteiger partial charge is 0.396 e. The fourth-order valence-corrected chi connectivity index (χ4v) is 2.31. The summed E-state index contributed by atoms with van der Waals surface area (Å²) in [5.41, 5.74) is 0. The molecule has 0 heterocycles. The molecule has 0 spiro atoms. The number of rotatable bonds is 6. The average Bonchev–Trinajstić information content (AvgIpc) is 2.26. The molecule has 2 N–H and O–H groups in total. The van der Waals surface area contributed by atoms with E-state index in [2.05, 4.69) is 5.32 Å². The monoisotopic (exact) mass is 229 g/mol. The lowest BCUT2D eigenvalue weighted by Crippen LogP contribution is -2.28. The first-order valence-electron chi connectivity index (χ1n) is 4.93. The fraction of sp³-hybridized carbons (Fsp3) is 0.455. The number of aliphatic hydroxyl groups is 1. The van der Waals surface area contributed by atoms with Gasteiger partial charge in [0, 0.05) is 23.3 Å². The van der Waals surface area contributed by atoms with Gasteiger partial charge in [0.25, 0.3) is 0 Å². The maximum Gasteiger partial charge on any atom is 0.136 e. The molecule has 15 heavy (non-hydrogen) atoms. The van der Waals surface area contributed by atoms with Crippen molar-refractivity contribution in [2.24, 2.45) is 0 Å². The van der Waals surface area contributed by atoms with Crippen molar-refractivity contribution in [2.45, 2.75) is 17.4 Å². The van der Waals surface area contributed by atoms with Crippen molar-refractivity contribution in [3.8, 4) is 0 Å². The minimum atomic E-state index is -0.179. The van der Waals surface area contributed by atoms with Crippen LogP contribution in [0.2, 0.25) is 0 Å². The molecule has 0 aliphatic rings. The van der Waals surface area contributed by atoms with Gasteiger partial charge in [-0.3, -0.25) is 0 Å². The molecule has 0 radical (unpaired) electrons. The lowest BCUT2D eigenvalue weighted by atomic mass is 10.2. The first kappa shape index (κ1) is 12.5. The Kier molecular flexibility index (Phi) is 5.68. The van der Waals surface area contributed by atoms with E-state index in [0.717, 1.165) is 5.75 Å². The molecule has 0 fully saturated rings. The molecule has 0 aliphatic carbocycles. The molecule has 0 saturated heterocycles. The van der Waals surface area contributed by atoms with E-state index >= 15 is 0 Å². The van der Waals surface area contributed by atoms with E-state index in [4.69, 9.17) is 5.11 Å². The van der Waals surface area contributed by atoms with Crippen LogP contribution >= 0.6 is 11.8 Å². The summed E-state index contributed by atoms with van der Waals surface area (Å²) in [6, 6.07) is 6.96. The van der Waals surface area contributed by atoms with E-state index in [1.54, 1.807) is 12.1 Å². The van der Waals surface area contributed by atoms with Gasteiger partial charge >= 0.3 is 0 Å². The number of hydrogen-bond acceptors (Lipinski definition) is 3. The van der Waals surface area contributed by atoms with Crippen molar-refractivity contribution in [3.63, 3.8) is 0 Å². The van der Waals surface area contributed by atoms with Crippen LogP contribution in [0.25, 0.3) is 0 Å². The van der Waals surface area contributed by atoms with Crippen LogP contribution < -0.4 is 5.32 Å². The Balaban J connectivity index is 2.45. The molecule has 1 aromatic carbocycles. The Labute approximate surface area is 93.9 Å². The second-order valence-corrected chi connectivity index (χ2v) is 4.30. The summed E-state index contributed by atoms with van der Waals surface area (Å²) < 4.78 is 13.2. The molecule has 2 nitrogen and oxygen atoms in total. The van der Waals surface area contributed by atoms with Gasteiger partial charge in [-0.2, -0.15) is 0 Å². The summed E-state index contributed by atoms with van der Waals surface area (Å²) in [5, 5.41) is 11.9. The third-order valence-electron chi connectivity index (χ3n) is 2.16. The van der Waals surface area contributed by atoms with E-state index < -0.39 is 0 Å². The molecule has 0 bridgehead atoms. The normalized spacial score (nSPS) is 12.7. The molecule has 1 unspecified atom stereocenters. The van der Waals surface area contributed by atoms with E-state index in [0.29, 0.717) is 11.3 Å². The van der Waals surface area contributed by atoms with Gasteiger partial charge in [0.2, 0.25) is 0 Å². The Morgan fingerprint density at radius 1 is 1.47 bits per heavy atom. The van der Waals surface area contributed by atoms with E-state index in [1.807, 2.05) is 13.1 Å². The van der Waals surface area contributed by atoms with Gasteiger partial charge in [-0.25, -0.2) is 4.39 Å². The maximum absolute atomic E-state index is 13.2. The van der Waals surface area contributed by atoms with Crippen LogP contribution in [-0.4, -0.2) is 30.6 Å². The zero-order chi connectivity index (χ0) is 11.1. The zero-order valence-electron chi connectivity index (χ0n) is 8.74. The zero-order valence-corrected chi connectivity index (χ0v) is 9.56. The number of hydrogen-bond donors (Lipinski definition) is 2. The summed E-state index contributed by atoms with van der Waals surface area (Å²) in [6.45, 7) is 0.156. The molecule has 1 rings (SSSR count). The highest BCUT2D eigenvalue weighted by molar-refractivity contribution is 7.99. The summed E-state index contributed by atoms with van der Waals surface area (Å²) >= 11 is 1.47. The van der Waals surface area contributed by atoms with Gasteiger partial charge in [0.1, 0.15) is 5.82 Å². The number of benzene rings is 1. The quantitative estimate of drug-likeness (QED) is 0.731. The predicted molar refractivity (Wildman–Crippen MR) is 61.7 cm³/mol. The Morgan fingerprint density at radius 3 is 2.80 bits per heavy atom. The molecule has 0 aromatic heterocycles. The van der Waals surface area contributed by atoms with Gasteiger partial charge in [-0.05, 0) is 25.6 Å². The van der Waals surface area contributed by atoms with Gasteiger partial charge in [-0.15, -0.1) is 11.8 Å². The van der Waals surface area contributed by atoms with Crippen molar-refractivity contribution in [1.82, 2.24) is 5.32 Å². The van der Waals surface area contributed by atoms with Crippen molar-refractivity contribution >= 4 is 11.8 Å². The summed E-state index contributed by atoms with van der Waals surface area (Å²) in [4.78, 5) is 0.663. The molecule has 0 amide bonds. The van der Waals surface area contributed by atoms with Crippen molar-refractivity contribution in [2.75, 3.05) is 19.4 Å². The van der Waals surface area contributed by atoms with E-state index in [9.17, 15) is 4.39 Å². The minimum absolute atomic E-state index is 0.156. The predicted octanol–water partition coefficient (Wildman–Crippen LogP) is 1.89.